The molecule has 3 aromatic heterocycles. The molecule has 0 radical (unpaired) electrons. The van der Waals surface area contributed by atoms with Gasteiger partial charge in [0, 0.05) is 11.6 Å². The summed E-state index contributed by atoms with van der Waals surface area (Å²) in [6, 6.07) is 10.2. The Bertz CT molecular complexity index is 937. The Morgan fingerprint density at radius 2 is 2.00 bits per heavy atom. The lowest BCUT2D eigenvalue weighted by atomic mass is 10.1. The summed E-state index contributed by atoms with van der Waals surface area (Å²) in [5.74, 6) is 0.793. The van der Waals surface area contributed by atoms with Crippen LogP contribution in [0.3, 0.4) is 0 Å². The van der Waals surface area contributed by atoms with Crippen molar-refractivity contribution < 1.29 is 0 Å². The monoisotopic (exact) mass is 371 g/mol. The van der Waals surface area contributed by atoms with Crippen LogP contribution in [0, 0.1) is 0 Å². The summed E-state index contributed by atoms with van der Waals surface area (Å²) in [4.78, 5) is 17.7. The molecule has 24 heavy (non-hydrogen) atoms. The second-order valence-corrected chi connectivity index (χ2v) is 7.90. The molecule has 0 fully saturated rings. The lowest BCUT2D eigenvalue weighted by molar-refractivity contribution is 0.911. The Morgan fingerprint density at radius 1 is 1.12 bits per heavy atom. The second-order valence-electron chi connectivity index (χ2n) is 4.92. The second kappa shape index (κ2) is 6.84. The summed E-state index contributed by atoms with van der Waals surface area (Å²) in [5, 5.41) is 6.53. The molecule has 4 aromatic rings. The van der Waals surface area contributed by atoms with E-state index in [0.29, 0.717) is 0 Å². The van der Waals surface area contributed by atoms with Crippen molar-refractivity contribution in [2.24, 2.45) is 0 Å². The van der Waals surface area contributed by atoms with E-state index in [1.165, 1.54) is 0 Å². The van der Waals surface area contributed by atoms with E-state index in [-0.39, 0.29) is 6.04 Å². The molecule has 1 unspecified atom stereocenters. The summed E-state index contributed by atoms with van der Waals surface area (Å²) in [6.45, 7) is 0. The minimum atomic E-state index is -0.0517. The quantitative estimate of drug-likeness (QED) is 0.522. The number of hydrogen-bond acceptors (Lipinski definition) is 8. The van der Waals surface area contributed by atoms with Gasteiger partial charge in [-0.3, -0.25) is 0 Å². The van der Waals surface area contributed by atoms with Crippen molar-refractivity contribution in [3.05, 3.63) is 58.8 Å². The van der Waals surface area contributed by atoms with Gasteiger partial charge in [-0.25, -0.2) is 19.9 Å². The van der Waals surface area contributed by atoms with E-state index in [2.05, 4.69) is 37.4 Å². The van der Waals surface area contributed by atoms with Crippen LogP contribution in [0.4, 0.5) is 5.82 Å². The van der Waals surface area contributed by atoms with Gasteiger partial charge in [-0.1, -0.05) is 42.1 Å². The van der Waals surface area contributed by atoms with Crippen molar-refractivity contribution in [3.8, 4) is 0 Å². The number of nitrogens with zero attached hydrogens (tertiary/aromatic N) is 4. The van der Waals surface area contributed by atoms with Gasteiger partial charge in [-0.2, -0.15) is 0 Å². The smallest absolute Gasteiger partial charge is 0.176 e. The number of aromatic nitrogens is 4. The highest BCUT2D eigenvalue weighted by Crippen LogP contribution is 2.34. The van der Waals surface area contributed by atoms with E-state index in [0.717, 1.165) is 31.1 Å². The molecule has 4 rings (SSSR count). The summed E-state index contributed by atoms with van der Waals surface area (Å²) < 4.78 is 1.96. The topological polar surface area (TPSA) is 63.6 Å². The fourth-order valence-electron chi connectivity index (χ4n) is 2.37. The molecule has 5 nitrogen and oxygen atoms in total. The van der Waals surface area contributed by atoms with Crippen LogP contribution in [0.15, 0.2) is 52.6 Å². The molecule has 0 aliphatic rings. The molecule has 0 spiro atoms. The van der Waals surface area contributed by atoms with Crippen LogP contribution in [-0.2, 0) is 0 Å². The maximum Gasteiger partial charge on any atom is 0.176 e. The van der Waals surface area contributed by atoms with E-state index < -0.39 is 0 Å². The van der Waals surface area contributed by atoms with Gasteiger partial charge >= 0.3 is 0 Å². The maximum atomic E-state index is 4.51. The number of fused-ring (bicyclic) bond motifs is 1. The zero-order chi connectivity index (χ0) is 16.4. The first-order chi connectivity index (χ1) is 11.8. The Kier molecular flexibility index (Phi) is 4.42. The molecule has 0 aliphatic heterocycles. The summed E-state index contributed by atoms with van der Waals surface area (Å²) in [5.41, 5.74) is 1.88. The third kappa shape index (κ3) is 3.00. The van der Waals surface area contributed by atoms with Crippen LogP contribution < -0.4 is 5.32 Å². The number of rotatable bonds is 5. The van der Waals surface area contributed by atoms with Gasteiger partial charge in [-0.15, -0.1) is 22.7 Å². The first kappa shape index (κ1) is 15.5. The third-order valence-electron chi connectivity index (χ3n) is 3.46. The lowest BCUT2D eigenvalue weighted by Crippen LogP contribution is -2.13. The fraction of sp³-hybridized carbons (Fsp3) is 0.125. The Balaban J connectivity index is 1.77. The zero-order valence-electron chi connectivity index (χ0n) is 12.7. The number of nitrogens with one attached hydrogen (secondary N) is 1. The van der Waals surface area contributed by atoms with Crippen LogP contribution in [-0.4, -0.2) is 26.2 Å². The molecule has 120 valence electrons. The SMILES string of the molecule is CSc1nc2ncnc(NC(c3ccccc3)c3nccs3)c2s1. The molecule has 1 atom stereocenters. The maximum absolute atomic E-state index is 4.51. The van der Waals surface area contributed by atoms with Crippen molar-refractivity contribution in [1.29, 1.82) is 0 Å². The van der Waals surface area contributed by atoms with Crippen molar-refractivity contribution in [2.75, 3.05) is 11.6 Å². The van der Waals surface area contributed by atoms with Crippen molar-refractivity contribution in [1.82, 2.24) is 19.9 Å². The average molecular weight is 372 g/mol. The first-order valence-corrected chi connectivity index (χ1v) is 10.1. The lowest BCUT2D eigenvalue weighted by Gasteiger charge is -2.17. The van der Waals surface area contributed by atoms with E-state index in [9.17, 15) is 0 Å². The van der Waals surface area contributed by atoms with Gasteiger partial charge in [0.1, 0.15) is 27.9 Å². The van der Waals surface area contributed by atoms with E-state index in [4.69, 9.17) is 0 Å². The van der Waals surface area contributed by atoms with Crippen LogP contribution >= 0.6 is 34.4 Å². The van der Waals surface area contributed by atoms with Crippen LogP contribution in [0.25, 0.3) is 10.3 Å². The standard InChI is InChI=1S/C16H13N5S3/c1-22-16-21-14-12(24-16)13(18-9-19-14)20-11(15-17-7-8-23-15)10-5-3-2-4-6-10/h2-9,11H,1H3,(H,18,19,20). The van der Waals surface area contributed by atoms with Gasteiger partial charge in [0.25, 0.3) is 0 Å². The highest BCUT2D eigenvalue weighted by atomic mass is 32.2. The molecule has 1 aromatic carbocycles. The molecule has 3 heterocycles. The Morgan fingerprint density at radius 3 is 2.75 bits per heavy atom. The van der Waals surface area contributed by atoms with Gasteiger partial charge in [0.15, 0.2) is 9.99 Å². The minimum absolute atomic E-state index is 0.0517. The largest absolute Gasteiger partial charge is 0.355 e. The van der Waals surface area contributed by atoms with E-state index in [1.807, 2.05) is 36.0 Å². The van der Waals surface area contributed by atoms with Gasteiger partial charge < -0.3 is 5.32 Å². The number of anilines is 1. The number of thiazole rings is 2. The molecule has 0 saturated carbocycles. The molecule has 0 aliphatic carbocycles. The highest BCUT2D eigenvalue weighted by Gasteiger charge is 2.19. The van der Waals surface area contributed by atoms with Crippen molar-refractivity contribution in [2.45, 2.75) is 10.4 Å². The number of benzene rings is 1. The Labute approximate surface area is 151 Å². The highest BCUT2D eigenvalue weighted by molar-refractivity contribution is 8.00. The minimum Gasteiger partial charge on any atom is -0.355 e. The third-order valence-corrected chi connectivity index (χ3v) is 6.34. The van der Waals surface area contributed by atoms with Crippen molar-refractivity contribution >= 4 is 50.6 Å². The Hall–Kier alpha value is -2.03. The predicted molar refractivity (Wildman–Crippen MR) is 101 cm³/mol. The zero-order valence-corrected chi connectivity index (χ0v) is 15.2. The van der Waals surface area contributed by atoms with Crippen LogP contribution in [0.1, 0.15) is 16.6 Å². The molecular formula is C16H13N5S3. The van der Waals surface area contributed by atoms with Gasteiger partial charge in [0.05, 0.1) is 0 Å². The molecule has 0 bridgehead atoms. The van der Waals surface area contributed by atoms with Crippen LogP contribution in [0.2, 0.25) is 0 Å². The van der Waals surface area contributed by atoms with E-state index >= 15 is 0 Å². The first-order valence-electron chi connectivity index (χ1n) is 7.21. The molecular weight excluding hydrogens is 358 g/mol. The molecule has 1 N–H and O–H groups in total. The van der Waals surface area contributed by atoms with Crippen molar-refractivity contribution in [3.63, 3.8) is 0 Å². The summed E-state index contributed by atoms with van der Waals surface area (Å²) in [7, 11) is 0. The summed E-state index contributed by atoms with van der Waals surface area (Å²) >= 11 is 4.85. The average Bonchev–Trinajstić information content (AvgIpc) is 3.30. The molecule has 8 heteroatoms. The van der Waals surface area contributed by atoms with Gasteiger partial charge in [0.2, 0.25) is 0 Å². The molecule has 0 saturated heterocycles. The van der Waals surface area contributed by atoms with Gasteiger partial charge in [-0.05, 0) is 11.8 Å². The molecule has 0 amide bonds. The number of hydrogen-bond donors (Lipinski definition) is 1. The summed E-state index contributed by atoms with van der Waals surface area (Å²) in [6.07, 6.45) is 5.39. The van der Waals surface area contributed by atoms with E-state index in [1.54, 1.807) is 40.8 Å². The normalized spacial score (nSPS) is 12.4. The predicted octanol–water partition coefficient (Wildman–Crippen LogP) is 4.47. The fourth-order valence-corrected chi connectivity index (χ4v) is 4.55. The van der Waals surface area contributed by atoms with Crippen LogP contribution in [0.5, 0.6) is 0 Å². The number of thioether (sulfide) groups is 1.